The molecule has 158 valence electrons. The molecular weight excluding hydrogens is 429 g/mol. The number of aromatic nitrogens is 1. The number of rotatable bonds is 9. The Hall–Kier alpha value is -1.34. The van der Waals surface area contributed by atoms with Crippen LogP contribution < -0.4 is 4.74 Å². The number of nitrogens with zero attached hydrogens (tertiary/aromatic N) is 3. The normalized spacial score (nSPS) is 14.5. The maximum atomic E-state index is 13.0. The van der Waals surface area contributed by atoms with Gasteiger partial charge in [0.2, 0.25) is 5.91 Å². The van der Waals surface area contributed by atoms with Crippen molar-refractivity contribution in [2.24, 2.45) is 5.92 Å². The molecule has 1 aliphatic rings. The van der Waals surface area contributed by atoms with Gasteiger partial charge in [-0.25, -0.2) is 4.98 Å². The molecule has 1 aromatic carbocycles. The molecule has 1 aromatic heterocycles. The maximum Gasteiger partial charge on any atom is 0.226 e. The predicted molar refractivity (Wildman–Crippen MR) is 119 cm³/mol. The lowest BCUT2D eigenvalue weighted by Gasteiger charge is -2.26. The first-order valence-corrected chi connectivity index (χ1v) is 11.5. The minimum Gasteiger partial charge on any atom is -0.485 e. The second kappa shape index (κ2) is 10.6. The minimum absolute atomic E-state index is 0.170. The van der Waals surface area contributed by atoms with Crippen molar-refractivity contribution in [3.63, 3.8) is 0 Å². The summed E-state index contributed by atoms with van der Waals surface area (Å²) in [5.41, 5.74) is 0.899. The third-order valence-electron chi connectivity index (χ3n) is 5.03. The van der Waals surface area contributed by atoms with Crippen molar-refractivity contribution in [1.82, 2.24) is 14.8 Å². The number of thiazole rings is 1. The number of carbonyl (C=O) groups excluding carboxylic acids is 1. The lowest BCUT2D eigenvalue weighted by molar-refractivity contribution is -0.136. The van der Waals surface area contributed by atoms with Crippen molar-refractivity contribution in [3.8, 4) is 5.75 Å². The van der Waals surface area contributed by atoms with Crippen LogP contribution in [-0.2, 0) is 17.9 Å². The van der Waals surface area contributed by atoms with Gasteiger partial charge < -0.3 is 14.5 Å². The highest BCUT2D eigenvalue weighted by atomic mass is 35.5. The fourth-order valence-corrected chi connectivity index (χ4v) is 4.46. The van der Waals surface area contributed by atoms with Gasteiger partial charge in [-0.2, -0.15) is 0 Å². The molecule has 1 aliphatic carbocycles. The van der Waals surface area contributed by atoms with E-state index in [1.807, 2.05) is 24.4 Å². The van der Waals surface area contributed by atoms with Crippen molar-refractivity contribution in [1.29, 1.82) is 0 Å². The predicted octanol–water partition coefficient (Wildman–Crippen LogP) is 5.11. The van der Waals surface area contributed by atoms with Gasteiger partial charge in [-0.05, 0) is 39.1 Å². The van der Waals surface area contributed by atoms with Crippen molar-refractivity contribution in [2.45, 2.75) is 38.8 Å². The number of benzene rings is 1. The number of likely N-dealkylation sites (N-methyl/N-ethyl adjacent to an activating group) is 1. The van der Waals surface area contributed by atoms with Crippen LogP contribution in [0.4, 0.5) is 0 Å². The molecule has 1 saturated carbocycles. The Labute approximate surface area is 186 Å². The van der Waals surface area contributed by atoms with Crippen LogP contribution in [0.25, 0.3) is 0 Å². The van der Waals surface area contributed by atoms with Crippen LogP contribution in [-0.4, -0.2) is 47.9 Å². The zero-order valence-electron chi connectivity index (χ0n) is 16.9. The van der Waals surface area contributed by atoms with Crippen LogP contribution in [0.2, 0.25) is 10.0 Å². The Morgan fingerprint density at radius 1 is 1.24 bits per heavy atom. The summed E-state index contributed by atoms with van der Waals surface area (Å²) in [6, 6.07) is 5.13. The Morgan fingerprint density at radius 2 is 2.00 bits per heavy atom. The molecule has 1 heterocycles. The topological polar surface area (TPSA) is 45.7 Å². The van der Waals surface area contributed by atoms with E-state index >= 15 is 0 Å². The quantitative estimate of drug-likeness (QED) is 0.526. The molecule has 29 heavy (non-hydrogen) atoms. The van der Waals surface area contributed by atoms with E-state index in [-0.39, 0.29) is 11.8 Å². The Balaban J connectivity index is 1.61. The summed E-state index contributed by atoms with van der Waals surface area (Å²) in [6.45, 7) is 2.41. The van der Waals surface area contributed by atoms with Crippen LogP contribution >= 0.6 is 34.5 Å². The van der Waals surface area contributed by atoms with Gasteiger partial charge in [0.15, 0.2) is 0 Å². The molecule has 0 atom stereocenters. The van der Waals surface area contributed by atoms with E-state index in [1.165, 1.54) is 11.3 Å². The standard InChI is InChI=1S/C21H27Cl2N3O2S/c1-25(2)9-10-26(21(27)15-5-3-4-6-15)12-17-14-29-20(24-17)13-28-19-11-16(22)7-8-18(19)23/h7-8,11,14-15H,3-6,9-10,12-13H2,1-2H3. The summed E-state index contributed by atoms with van der Waals surface area (Å²) in [6.07, 6.45) is 4.33. The SMILES string of the molecule is CN(C)CCN(Cc1csc(COc2cc(Cl)ccc2Cl)n1)C(=O)C1CCCC1. The second-order valence-corrected chi connectivity index (χ2v) is 9.43. The van der Waals surface area contributed by atoms with E-state index in [2.05, 4.69) is 9.88 Å². The van der Waals surface area contributed by atoms with Crippen molar-refractivity contribution in [2.75, 3.05) is 27.2 Å². The van der Waals surface area contributed by atoms with Gasteiger partial charge in [0.25, 0.3) is 0 Å². The zero-order chi connectivity index (χ0) is 20.8. The Kier molecular flexibility index (Phi) is 8.18. The third-order valence-corrected chi connectivity index (χ3v) is 6.45. The smallest absolute Gasteiger partial charge is 0.226 e. The maximum absolute atomic E-state index is 13.0. The number of carbonyl (C=O) groups is 1. The number of hydrogen-bond donors (Lipinski definition) is 0. The average Bonchev–Trinajstić information content (AvgIpc) is 3.37. The first kappa shape index (κ1) is 22.3. The van der Waals surface area contributed by atoms with Gasteiger partial charge >= 0.3 is 0 Å². The van der Waals surface area contributed by atoms with Gasteiger partial charge in [-0.1, -0.05) is 36.0 Å². The first-order valence-electron chi connectivity index (χ1n) is 9.87. The van der Waals surface area contributed by atoms with Crippen molar-refractivity contribution in [3.05, 3.63) is 44.3 Å². The lowest BCUT2D eigenvalue weighted by atomic mass is 10.1. The highest BCUT2D eigenvalue weighted by Gasteiger charge is 2.27. The van der Waals surface area contributed by atoms with Gasteiger partial charge in [-0.3, -0.25) is 4.79 Å². The molecule has 0 aliphatic heterocycles. The van der Waals surface area contributed by atoms with Crippen molar-refractivity contribution < 1.29 is 9.53 Å². The molecule has 1 fully saturated rings. The molecule has 2 aromatic rings. The summed E-state index contributed by atoms with van der Waals surface area (Å²) in [5.74, 6) is 0.976. The van der Waals surface area contributed by atoms with E-state index in [0.717, 1.165) is 42.9 Å². The molecule has 0 radical (unpaired) electrons. The largest absolute Gasteiger partial charge is 0.485 e. The lowest BCUT2D eigenvalue weighted by Crippen LogP contribution is -2.39. The van der Waals surface area contributed by atoms with E-state index in [1.54, 1.807) is 18.2 Å². The van der Waals surface area contributed by atoms with Gasteiger partial charge in [0.1, 0.15) is 17.4 Å². The molecule has 3 rings (SSSR count). The van der Waals surface area contributed by atoms with Gasteiger partial charge in [0.05, 0.1) is 17.3 Å². The highest BCUT2D eigenvalue weighted by Crippen LogP contribution is 2.29. The zero-order valence-corrected chi connectivity index (χ0v) is 19.2. The Bertz CT molecular complexity index is 822. The number of halogens is 2. The third kappa shape index (κ3) is 6.57. The number of hydrogen-bond acceptors (Lipinski definition) is 5. The minimum atomic E-state index is 0.170. The summed E-state index contributed by atoms with van der Waals surface area (Å²) < 4.78 is 5.77. The first-order chi connectivity index (χ1) is 13.9. The van der Waals surface area contributed by atoms with Gasteiger partial charge in [0, 0.05) is 35.5 Å². The summed E-state index contributed by atoms with van der Waals surface area (Å²) in [7, 11) is 4.05. The average molecular weight is 456 g/mol. The molecule has 0 N–H and O–H groups in total. The molecule has 0 spiro atoms. The fourth-order valence-electron chi connectivity index (χ4n) is 3.43. The van der Waals surface area contributed by atoms with Gasteiger partial charge in [-0.15, -0.1) is 11.3 Å². The molecule has 0 saturated heterocycles. The highest BCUT2D eigenvalue weighted by molar-refractivity contribution is 7.09. The molecule has 0 unspecified atom stereocenters. The van der Waals surface area contributed by atoms with Crippen molar-refractivity contribution >= 4 is 40.4 Å². The number of ether oxygens (including phenoxy) is 1. The van der Waals surface area contributed by atoms with Crippen LogP contribution in [0, 0.1) is 5.92 Å². The summed E-state index contributed by atoms with van der Waals surface area (Å²) in [4.78, 5) is 21.7. The molecule has 8 heteroatoms. The van der Waals surface area contributed by atoms with Crippen LogP contribution in [0.5, 0.6) is 5.75 Å². The summed E-state index contributed by atoms with van der Waals surface area (Å²) in [5, 5.41) is 3.94. The van der Waals surface area contributed by atoms with E-state index in [0.29, 0.717) is 35.5 Å². The van der Waals surface area contributed by atoms with E-state index in [4.69, 9.17) is 27.9 Å². The van der Waals surface area contributed by atoms with E-state index < -0.39 is 0 Å². The molecule has 1 amide bonds. The second-order valence-electron chi connectivity index (χ2n) is 7.64. The van der Waals surface area contributed by atoms with Crippen LogP contribution in [0.15, 0.2) is 23.6 Å². The summed E-state index contributed by atoms with van der Waals surface area (Å²) >= 11 is 13.7. The van der Waals surface area contributed by atoms with Crippen LogP contribution in [0.1, 0.15) is 36.4 Å². The van der Waals surface area contributed by atoms with Crippen LogP contribution in [0.3, 0.4) is 0 Å². The molecule has 5 nitrogen and oxygen atoms in total. The Morgan fingerprint density at radius 3 is 2.72 bits per heavy atom. The fraction of sp³-hybridized carbons (Fsp3) is 0.524. The monoisotopic (exact) mass is 455 g/mol. The molecular formula is C21H27Cl2N3O2S. The number of amides is 1. The van der Waals surface area contributed by atoms with E-state index in [9.17, 15) is 4.79 Å². The molecule has 0 bridgehead atoms.